The Morgan fingerprint density at radius 3 is 2.44 bits per heavy atom. The molecule has 3 rings (SSSR count). The molecule has 2 atom stereocenters. The van der Waals surface area contributed by atoms with Gasteiger partial charge in [-0.2, -0.15) is 9.97 Å². The van der Waals surface area contributed by atoms with Crippen molar-refractivity contribution in [3.8, 4) is 0 Å². The van der Waals surface area contributed by atoms with E-state index in [1.54, 1.807) is 0 Å². The summed E-state index contributed by atoms with van der Waals surface area (Å²) in [7, 11) is 0. The fraction of sp³-hybridized carbons (Fsp3) is 0.750. The number of aromatic nitrogens is 2. The van der Waals surface area contributed by atoms with Crippen molar-refractivity contribution in [1.29, 1.82) is 0 Å². The van der Waals surface area contributed by atoms with Crippen LogP contribution in [0.25, 0.3) is 0 Å². The Morgan fingerprint density at radius 1 is 1.20 bits per heavy atom. The molecule has 1 aromatic rings. The predicted octanol–water partition coefficient (Wildman–Crippen LogP) is 2.33. The van der Waals surface area contributed by atoms with Crippen molar-refractivity contribution in [2.75, 3.05) is 29.0 Å². The first-order valence-electron chi connectivity index (χ1n) is 8.93. The van der Waals surface area contributed by atoms with Gasteiger partial charge in [-0.1, -0.05) is 19.3 Å². The molecule has 0 radical (unpaired) electrons. The molecule has 1 aromatic heterocycles. The number of nitrogens with zero attached hydrogens (tertiary/aromatic N) is 4. The second-order valence-corrected chi connectivity index (χ2v) is 7.00. The first kappa shape index (κ1) is 17.7. The molecular formula is C16H26N6O3. The van der Waals surface area contributed by atoms with Gasteiger partial charge in [-0.15, -0.1) is 0 Å². The zero-order valence-electron chi connectivity index (χ0n) is 14.8. The van der Waals surface area contributed by atoms with Crippen LogP contribution in [0.4, 0.5) is 23.3 Å². The Hall–Kier alpha value is -2.16. The van der Waals surface area contributed by atoms with Crippen molar-refractivity contribution in [2.45, 2.75) is 64.2 Å². The van der Waals surface area contributed by atoms with E-state index in [0.717, 1.165) is 12.8 Å². The quantitative estimate of drug-likeness (QED) is 0.627. The Bertz CT molecular complexity index is 625. The first-order valence-corrected chi connectivity index (χ1v) is 8.93. The fourth-order valence-electron chi connectivity index (χ4n) is 3.70. The molecule has 1 saturated carbocycles. The summed E-state index contributed by atoms with van der Waals surface area (Å²) in [5.41, 5.74) is 5.69. The Labute approximate surface area is 147 Å². The molecule has 1 aliphatic carbocycles. The third-order valence-electron chi connectivity index (χ3n) is 4.73. The van der Waals surface area contributed by atoms with Crippen LogP contribution < -0.4 is 16.0 Å². The number of hydrogen-bond donors (Lipinski definition) is 2. The lowest BCUT2D eigenvalue weighted by Crippen LogP contribution is -2.46. The molecule has 2 heterocycles. The number of nitrogen functional groups attached to an aromatic ring is 1. The van der Waals surface area contributed by atoms with E-state index in [0.29, 0.717) is 25.1 Å². The largest absolute Gasteiger partial charge is 0.378 e. The van der Waals surface area contributed by atoms with Crippen LogP contribution in [0, 0.1) is 10.1 Å². The number of nitrogens with one attached hydrogen (secondary N) is 1. The van der Waals surface area contributed by atoms with Gasteiger partial charge in [0.2, 0.25) is 17.6 Å². The smallest absolute Gasteiger partial charge is 0.353 e. The van der Waals surface area contributed by atoms with Crippen LogP contribution in [-0.4, -0.2) is 46.2 Å². The molecule has 0 aromatic carbocycles. The summed E-state index contributed by atoms with van der Waals surface area (Å²) in [5.74, 6) is 0.551. The molecule has 25 heavy (non-hydrogen) atoms. The van der Waals surface area contributed by atoms with Gasteiger partial charge < -0.3 is 20.7 Å². The van der Waals surface area contributed by atoms with Crippen molar-refractivity contribution in [3.63, 3.8) is 0 Å². The maximum atomic E-state index is 11.5. The van der Waals surface area contributed by atoms with Crippen molar-refractivity contribution >= 4 is 23.3 Å². The van der Waals surface area contributed by atoms with Crippen molar-refractivity contribution in [2.24, 2.45) is 0 Å². The summed E-state index contributed by atoms with van der Waals surface area (Å²) >= 11 is 0. The van der Waals surface area contributed by atoms with Crippen LogP contribution in [0.2, 0.25) is 0 Å². The highest BCUT2D eigenvalue weighted by atomic mass is 16.6. The number of rotatable bonds is 4. The molecule has 3 N–H and O–H groups in total. The van der Waals surface area contributed by atoms with Gasteiger partial charge in [-0.3, -0.25) is 10.1 Å². The Morgan fingerprint density at radius 2 is 1.84 bits per heavy atom. The van der Waals surface area contributed by atoms with E-state index in [2.05, 4.69) is 15.3 Å². The molecule has 2 fully saturated rings. The molecule has 138 valence electrons. The fourth-order valence-corrected chi connectivity index (χ4v) is 3.70. The van der Waals surface area contributed by atoms with Gasteiger partial charge in [0.25, 0.3) is 0 Å². The van der Waals surface area contributed by atoms with E-state index in [-0.39, 0.29) is 29.5 Å². The van der Waals surface area contributed by atoms with Gasteiger partial charge in [-0.25, -0.2) is 0 Å². The molecule has 1 saturated heterocycles. The SMILES string of the molecule is CC1CN(c2nc(NC3CCCCC3)nc(N)c2[N+](=O)[O-])CC(C)O1. The number of nitro groups is 1. The maximum Gasteiger partial charge on any atom is 0.353 e. The van der Waals surface area contributed by atoms with Gasteiger partial charge in [0.15, 0.2) is 0 Å². The monoisotopic (exact) mass is 350 g/mol. The van der Waals surface area contributed by atoms with Crippen LogP contribution in [0.3, 0.4) is 0 Å². The summed E-state index contributed by atoms with van der Waals surface area (Å²) in [5, 5.41) is 14.8. The normalized spacial score (nSPS) is 25.0. The number of ether oxygens (including phenoxy) is 1. The molecule has 0 spiro atoms. The molecule has 2 aliphatic rings. The van der Waals surface area contributed by atoms with Crippen LogP contribution >= 0.6 is 0 Å². The van der Waals surface area contributed by atoms with Crippen LogP contribution in [0.15, 0.2) is 0 Å². The minimum absolute atomic E-state index is 0.0331. The Kier molecular flexibility index (Phi) is 5.22. The summed E-state index contributed by atoms with van der Waals surface area (Å²) in [6.45, 7) is 4.95. The highest BCUT2D eigenvalue weighted by Gasteiger charge is 2.32. The van der Waals surface area contributed by atoms with Crippen LogP contribution in [0.5, 0.6) is 0 Å². The average molecular weight is 350 g/mol. The minimum Gasteiger partial charge on any atom is -0.378 e. The highest BCUT2D eigenvalue weighted by Crippen LogP contribution is 2.34. The zero-order chi connectivity index (χ0) is 18.0. The molecule has 0 amide bonds. The predicted molar refractivity (Wildman–Crippen MR) is 95.8 cm³/mol. The van der Waals surface area contributed by atoms with E-state index >= 15 is 0 Å². The van der Waals surface area contributed by atoms with Gasteiger partial charge in [-0.05, 0) is 26.7 Å². The lowest BCUT2D eigenvalue weighted by Gasteiger charge is -2.35. The lowest BCUT2D eigenvalue weighted by atomic mass is 9.96. The standard InChI is InChI=1S/C16H26N6O3/c1-10-8-21(9-11(2)25-10)15-13(22(23)24)14(17)19-16(20-15)18-12-6-4-3-5-7-12/h10-12H,3-9H2,1-2H3,(H3,17,18,19,20). The number of hydrogen-bond acceptors (Lipinski definition) is 8. The third kappa shape index (κ3) is 4.09. The molecule has 0 bridgehead atoms. The van der Waals surface area contributed by atoms with Gasteiger partial charge in [0.05, 0.1) is 17.1 Å². The minimum atomic E-state index is -0.500. The van der Waals surface area contributed by atoms with Crippen LogP contribution in [0.1, 0.15) is 46.0 Å². The molecule has 9 nitrogen and oxygen atoms in total. The summed E-state index contributed by atoms with van der Waals surface area (Å²) in [6.07, 6.45) is 5.64. The summed E-state index contributed by atoms with van der Waals surface area (Å²) < 4.78 is 5.72. The number of nitrogens with two attached hydrogens (primary N) is 1. The number of morpholine rings is 1. The summed E-state index contributed by atoms with van der Waals surface area (Å²) in [6, 6.07) is 0.296. The molecule has 9 heteroatoms. The lowest BCUT2D eigenvalue weighted by molar-refractivity contribution is -0.383. The van der Waals surface area contributed by atoms with Gasteiger partial charge in [0.1, 0.15) is 0 Å². The topological polar surface area (TPSA) is 119 Å². The van der Waals surface area contributed by atoms with E-state index < -0.39 is 4.92 Å². The second-order valence-electron chi connectivity index (χ2n) is 7.00. The number of anilines is 3. The van der Waals surface area contributed by atoms with E-state index in [1.807, 2.05) is 18.7 Å². The highest BCUT2D eigenvalue weighted by molar-refractivity contribution is 5.71. The Balaban J connectivity index is 1.91. The molecular weight excluding hydrogens is 324 g/mol. The molecule has 2 unspecified atom stereocenters. The van der Waals surface area contributed by atoms with E-state index in [4.69, 9.17) is 10.5 Å². The van der Waals surface area contributed by atoms with Gasteiger partial charge in [0, 0.05) is 19.1 Å². The van der Waals surface area contributed by atoms with Crippen molar-refractivity contribution < 1.29 is 9.66 Å². The van der Waals surface area contributed by atoms with Gasteiger partial charge >= 0.3 is 5.69 Å². The molecule has 1 aliphatic heterocycles. The first-order chi connectivity index (χ1) is 11.9. The van der Waals surface area contributed by atoms with Crippen LogP contribution in [-0.2, 0) is 4.74 Å². The maximum absolute atomic E-state index is 11.5. The van der Waals surface area contributed by atoms with E-state index in [9.17, 15) is 10.1 Å². The zero-order valence-corrected chi connectivity index (χ0v) is 14.8. The second kappa shape index (κ2) is 7.38. The van der Waals surface area contributed by atoms with Crippen molar-refractivity contribution in [3.05, 3.63) is 10.1 Å². The van der Waals surface area contributed by atoms with E-state index in [1.165, 1.54) is 19.3 Å². The third-order valence-corrected chi connectivity index (χ3v) is 4.73. The average Bonchev–Trinajstić information content (AvgIpc) is 2.54. The van der Waals surface area contributed by atoms with Crippen molar-refractivity contribution in [1.82, 2.24) is 9.97 Å². The summed E-state index contributed by atoms with van der Waals surface area (Å²) in [4.78, 5) is 21.5.